The van der Waals surface area contributed by atoms with Crippen LogP contribution in [0, 0.1) is 0 Å². The summed E-state index contributed by atoms with van der Waals surface area (Å²) in [6, 6.07) is 3.96. The first-order valence-corrected chi connectivity index (χ1v) is 6.77. The minimum Gasteiger partial charge on any atom is -0.504 e. The molecule has 1 aromatic heterocycles. The van der Waals surface area contributed by atoms with Gasteiger partial charge in [-0.1, -0.05) is 0 Å². The number of nitrogens with one attached hydrogen (secondary N) is 1. The minimum absolute atomic E-state index is 0.246. The summed E-state index contributed by atoms with van der Waals surface area (Å²) in [6.07, 6.45) is 3.14. The molecule has 1 heterocycles. The smallest absolute Gasteiger partial charge is 0.257 e. The number of thiazole rings is 1. The molecule has 3 N–H and O–H groups in total. The Balaban J connectivity index is 1.78. The van der Waals surface area contributed by atoms with Crippen LogP contribution < -0.4 is 5.32 Å². The predicted octanol–water partition coefficient (Wildman–Crippen LogP) is 2.30. The van der Waals surface area contributed by atoms with Crippen molar-refractivity contribution in [3.63, 3.8) is 0 Å². The van der Waals surface area contributed by atoms with Crippen molar-refractivity contribution in [2.75, 3.05) is 5.32 Å². The molecule has 1 amide bonds. The molecule has 2 aromatic rings. The molecule has 0 unspecified atom stereocenters. The molecule has 3 rings (SSSR count). The number of hydrogen-bond acceptors (Lipinski definition) is 5. The summed E-state index contributed by atoms with van der Waals surface area (Å²) < 4.78 is 0. The fourth-order valence-corrected chi connectivity index (χ4v) is 3.12. The van der Waals surface area contributed by atoms with Crippen molar-refractivity contribution in [1.29, 1.82) is 0 Å². The lowest BCUT2D eigenvalue weighted by Gasteiger charge is -2.03. The fraction of sp³-hybridized carbons (Fsp3) is 0.231. The topological polar surface area (TPSA) is 82.5 Å². The number of aromatic hydroxyl groups is 2. The lowest BCUT2D eigenvalue weighted by atomic mass is 10.2. The van der Waals surface area contributed by atoms with Gasteiger partial charge < -0.3 is 10.2 Å². The van der Waals surface area contributed by atoms with E-state index >= 15 is 0 Å². The van der Waals surface area contributed by atoms with Crippen LogP contribution in [0.2, 0.25) is 0 Å². The van der Waals surface area contributed by atoms with E-state index in [0.29, 0.717) is 5.13 Å². The summed E-state index contributed by atoms with van der Waals surface area (Å²) in [6.45, 7) is 0. The summed E-state index contributed by atoms with van der Waals surface area (Å²) >= 11 is 1.50. The van der Waals surface area contributed by atoms with E-state index in [-0.39, 0.29) is 23.0 Å². The van der Waals surface area contributed by atoms with E-state index in [0.717, 1.165) is 25.0 Å². The Morgan fingerprint density at radius 2 is 2.11 bits per heavy atom. The van der Waals surface area contributed by atoms with Gasteiger partial charge in [0.2, 0.25) is 0 Å². The Morgan fingerprint density at radius 3 is 2.84 bits per heavy atom. The zero-order valence-electron chi connectivity index (χ0n) is 10.0. The van der Waals surface area contributed by atoms with Crippen LogP contribution in [0.3, 0.4) is 0 Å². The van der Waals surface area contributed by atoms with Crippen LogP contribution in [-0.4, -0.2) is 21.1 Å². The zero-order chi connectivity index (χ0) is 13.4. The molecule has 0 radical (unpaired) electrons. The van der Waals surface area contributed by atoms with Gasteiger partial charge in [-0.05, 0) is 37.5 Å². The van der Waals surface area contributed by atoms with E-state index < -0.39 is 0 Å². The molecule has 0 saturated carbocycles. The summed E-state index contributed by atoms with van der Waals surface area (Å²) in [5.41, 5.74) is 1.36. The highest BCUT2D eigenvalue weighted by Gasteiger charge is 2.18. The van der Waals surface area contributed by atoms with Gasteiger partial charge in [0, 0.05) is 10.4 Å². The zero-order valence-corrected chi connectivity index (χ0v) is 10.8. The third kappa shape index (κ3) is 2.26. The summed E-state index contributed by atoms with van der Waals surface area (Å²) in [5, 5.41) is 21.9. The summed E-state index contributed by atoms with van der Waals surface area (Å²) in [7, 11) is 0. The highest BCUT2D eigenvalue weighted by atomic mass is 32.1. The van der Waals surface area contributed by atoms with Crippen molar-refractivity contribution >= 4 is 22.4 Å². The molecule has 5 nitrogen and oxygen atoms in total. The Hall–Kier alpha value is -2.08. The number of phenolic OH excluding ortho intramolecular Hbond substituents is 2. The van der Waals surface area contributed by atoms with Crippen LogP contribution in [-0.2, 0) is 12.8 Å². The molecule has 0 aliphatic heterocycles. The Bertz CT molecular complexity index is 630. The monoisotopic (exact) mass is 276 g/mol. The van der Waals surface area contributed by atoms with Crippen molar-refractivity contribution in [3.8, 4) is 11.5 Å². The molecule has 98 valence electrons. The van der Waals surface area contributed by atoms with Crippen molar-refractivity contribution in [1.82, 2.24) is 4.98 Å². The van der Waals surface area contributed by atoms with Gasteiger partial charge in [0.05, 0.1) is 5.69 Å². The molecule has 0 spiro atoms. The molecule has 6 heteroatoms. The number of anilines is 1. The van der Waals surface area contributed by atoms with Gasteiger partial charge >= 0.3 is 0 Å². The van der Waals surface area contributed by atoms with E-state index in [9.17, 15) is 15.0 Å². The number of aryl methyl sites for hydroxylation is 2. The standard InChI is InChI=1S/C13H12N2O3S/c16-9-5-4-7(6-10(9)17)12(18)15-13-14-8-2-1-3-11(8)19-13/h4-6,16-17H,1-3H2,(H,14,15,18). The predicted molar refractivity (Wildman–Crippen MR) is 71.9 cm³/mol. The van der Waals surface area contributed by atoms with Crippen LogP contribution in [0.15, 0.2) is 18.2 Å². The molecule has 0 saturated heterocycles. The Morgan fingerprint density at radius 1 is 1.26 bits per heavy atom. The highest BCUT2D eigenvalue weighted by Crippen LogP contribution is 2.31. The maximum Gasteiger partial charge on any atom is 0.257 e. The van der Waals surface area contributed by atoms with E-state index in [4.69, 9.17) is 0 Å². The summed E-state index contributed by atoms with van der Waals surface area (Å²) in [5.74, 6) is -0.901. The number of fused-ring (bicyclic) bond motifs is 1. The van der Waals surface area contributed by atoms with Gasteiger partial charge in [0.1, 0.15) is 0 Å². The molecule has 0 bridgehead atoms. The Labute approximate surface area is 113 Å². The number of hydrogen-bond donors (Lipinski definition) is 3. The highest BCUT2D eigenvalue weighted by molar-refractivity contribution is 7.15. The Kier molecular flexibility index (Phi) is 2.87. The lowest BCUT2D eigenvalue weighted by Crippen LogP contribution is -2.11. The van der Waals surface area contributed by atoms with Crippen LogP contribution in [0.1, 0.15) is 27.3 Å². The molecule has 0 atom stereocenters. The number of carbonyl (C=O) groups is 1. The van der Waals surface area contributed by atoms with E-state index in [1.165, 1.54) is 34.4 Å². The number of rotatable bonds is 2. The maximum atomic E-state index is 12.0. The molecule has 1 aliphatic rings. The molecular formula is C13H12N2O3S. The normalized spacial score (nSPS) is 13.3. The number of carbonyl (C=O) groups excluding carboxylic acids is 1. The molecular weight excluding hydrogens is 264 g/mol. The SMILES string of the molecule is O=C(Nc1nc2c(s1)CCC2)c1ccc(O)c(O)c1. The average Bonchev–Trinajstić information content (AvgIpc) is 2.93. The second kappa shape index (κ2) is 4.55. The van der Waals surface area contributed by atoms with Gasteiger partial charge in [-0.15, -0.1) is 11.3 Å². The van der Waals surface area contributed by atoms with Crippen LogP contribution in [0.5, 0.6) is 11.5 Å². The first-order valence-electron chi connectivity index (χ1n) is 5.95. The van der Waals surface area contributed by atoms with Crippen molar-refractivity contribution in [2.45, 2.75) is 19.3 Å². The van der Waals surface area contributed by atoms with Crippen LogP contribution in [0.25, 0.3) is 0 Å². The number of phenols is 2. The number of aromatic nitrogens is 1. The fourth-order valence-electron chi connectivity index (χ4n) is 2.08. The average molecular weight is 276 g/mol. The second-order valence-corrected chi connectivity index (χ2v) is 5.48. The second-order valence-electron chi connectivity index (χ2n) is 4.40. The van der Waals surface area contributed by atoms with Gasteiger partial charge in [0.25, 0.3) is 5.91 Å². The van der Waals surface area contributed by atoms with Crippen molar-refractivity contribution < 1.29 is 15.0 Å². The first-order chi connectivity index (χ1) is 9.13. The van der Waals surface area contributed by atoms with Crippen molar-refractivity contribution in [3.05, 3.63) is 34.3 Å². The maximum absolute atomic E-state index is 12.0. The number of nitrogens with zero attached hydrogens (tertiary/aromatic N) is 1. The van der Waals surface area contributed by atoms with Gasteiger partial charge in [-0.25, -0.2) is 4.98 Å². The van der Waals surface area contributed by atoms with E-state index in [2.05, 4.69) is 10.3 Å². The number of amides is 1. The molecule has 1 aromatic carbocycles. The third-order valence-electron chi connectivity index (χ3n) is 3.05. The van der Waals surface area contributed by atoms with Gasteiger partial charge in [-0.2, -0.15) is 0 Å². The first kappa shape index (κ1) is 12.0. The van der Waals surface area contributed by atoms with E-state index in [1.54, 1.807) is 0 Å². The summed E-state index contributed by atoms with van der Waals surface area (Å²) in [4.78, 5) is 17.6. The van der Waals surface area contributed by atoms with Crippen LogP contribution >= 0.6 is 11.3 Å². The molecule has 1 aliphatic carbocycles. The molecule has 0 fully saturated rings. The van der Waals surface area contributed by atoms with E-state index in [1.807, 2.05) is 0 Å². The molecule has 19 heavy (non-hydrogen) atoms. The van der Waals surface area contributed by atoms with Crippen LogP contribution in [0.4, 0.5) is 5.13 Å². The minimum atomic E-state index is -0.345. The largest absolute Gasteiger partial charge is 0.504 e. The lowest BCUT2D eigenvalue weighted by molar-refractivity contribution is 0.102. The van der Waals surface area contributed by atoms with Crippen molar-refractivity contribution in [2.24, 2.45) is 0 Å². The number of benzene rings is 1. The third-order valence-corrected chi connectivity index (χ3v) is 4.13. The van der Waals surface area contributed by atoms with Gasteiger partial charge in [0.15, 0.2) is 16.6 Å². The quantitative estimate of drug-likeness (QED) is 0.735. The van der Waals surface area contributed by atoms with Gasteiger partial charge in [-0.3, -0.25) is 10.1 Å².